The number of nitrogens with zero attached hydrogens (tertiary/aromatic N) is 1. The van der Waals surface area contributed by atoms with Crippen molar-refractivity contribution in [3.05, 3.63) is 53.6 Å². The molecule has 34 heavy (non-hydrogen) atoms. The second kappa shape index (κ2) is 9.63. The number of carbonyl (C=O) groups excluding carboxylic acids is 2. The van der Waals surface area contributed by atoms with Gasteiger partial charge < -0.3 is 19.1 Å². The molecule has 1 saturated heterocycles. The number of fused-ring (bicyclic) bond motifs is 2. The number of rotatable bonds is 5. The van der Waals surface area contributed by atoms with Crippen LogP contribution in [0.2, 0.25) is 0 Å². The molecule has 2 aromatic rings. The van der Waals surface area contributed by atoms with E-state index in [0.717, 1.165) is 5.56 Å². The SMILES string of the molecule is COC(=O)C[C@@H]1CC[C@H]2[C@H](COc3ccc(NS(=O)(=O)c4ccc(C)cc4)cc3C(=O)N2C)O1. The topological polar surface area (TPSA) is 111 Å². The van der Waals surface area contributed by atoms with Crippen molar-refractivity contribution in [2.75, 3.05) is 25.5 Å². The average molecular weight is 489 g/mol. The van der Waals surface area contributed by atoms with Crippen molar-refractivity contribution < 1.29 is 32.2 Å². The van der Waals surface area contributed by atoms with Gasteiger partial charge in [0.25, 0.3) is 15.9 Å². The van der Waals surface area contributed by atoms with Crippen LogP contribution in [-0.2, 0) is 24.3 Å². The van der Waals surface area contributed by atoms with Gasteiger partial charge in [0, 0.05) is 12.7 Å². The summed E-state index contributed by atoms with van der Waals surface area (Å²) in [5.74, 6) is -0.297. The van der Waals surface area contributed by atoms with Gasteiger partial charge in [0.15, 0.2) is 0 Å². The quantitative estimate of drug-likeness (QED) is 0.644. The number of methoxy groups -OCH3 is 1. The van der Waals surface area contributed by atoms with Crippen molar-refractivity contribution in [2.24, 2.45) is 0 Å². The molecule has 0 spiro atoms. The van der Waals surface area contributed by atoms with Gasteiger partial charge in [-0.3, -0.25) is 14.3 Å². The molecule has 0 aliphatic carbocycles. The highest BCUT2D eigenvalue weighted by Gasteiger charge is 2.39. The Kier molecular flexibility index (Phi) is 6.81. The molecule has 4 rings (SSSR count). The summed E-state index contributed by atoms with van der Waals surface area (Å²) in [4.78, 5) is 26.7. The number of likely N-dealkylation sites (N-methyl/N-ethyl adjacent to an activating group) is 1. The normalized spacial score (nSPS) is 22.5. The Bertz CT molecular complexity index is 1180. The molecule has 1 N–H and O–H groups in total. The molecular weight excluding hydrogens is 460 g/mol. The number of esters is 1. The summed E-state index contributed by atoms with van der Waals surface area (Å²) in [5.41, 5.74) is 1.48. The molecule has 10 heteroatoms. The number of amides is 1. The maximum Gasteiger partial charge on any atom is 0.308 e. The van der Waals surface area contributed by atoms with E-state index in [9.17, 15) is 18.0 Å². The molecule has 0 unspecified atom stereocenters. The Morgan fingerprint density at radius 2 is 1.91 bits per heavy atom. The van der Waals surface area contributed by atoms with Crippen molar-refractivity contribution in [3.63, 3.8) is 0 Å². The van der Waals surface area contributed by atoms with E-state index < -0.39 is 16.1 Å². The van der Waals surface area contributed by atoms with E-state index in [1.165, 1.54) is 25.3 Å². The largest absolute Gasteiger partial charge is 0.490 e. The second-order valence-corrected chi connectivity index (χ2v) is 10.3. The minimum atomic E-state index is -3.81. The predicted molar refractivity (Wildman–Crippen MR) is 124 cm³/mol. The Morgan fingerprint density at radius 1 is 1.18 bits per heavy atom. The van der Waals surface area contributed by atoms with Gasteiger partial charge in [-0.15, -0.1) is 0 Å². The van der Waals surface area contributed by atoms with Crippen molar-refractivity contribution in [3.8, 4) is 5.75 Å². The highest BCUT2D eigenvalue weighted by Crippen LogP contribution is 2.33. The fourth-order valence-electron chi connectivity index (χ4n) is 4.29. The number of carbonyl (C=O) groups is 2. The Hall–Kier alpha value is -3.11. The molecule has 182 valence electrons. The van der Waals surface area contributed by atoms with E-state index in [1.54, 1.807) is 36.2 Å². The van der Waals surface area contributed by atoms with E-state index in [-0.39, 0.29) is 53.2 Å². The summed E-state index contributed by atoms with van der Waals surface area (Å²) < 4.78 is 44.8. The Balaban J connectivity index is 1.55. The fourth-order valence-corrected chi connectivity index (χ4v) is 5.34. The first kappa shape index (κ1) is 24.0. The number of benzene rings is 2. The van der Waals surface area contributed by atoms with Crippen LogP contribution >= 0.6 is 0 Å². The lowest BCUT2D eigenvalue weighted by Crippen LogP contribution is -2.53. The molecule has 0 radical (unpaired) electrons. The first-order valence-corrected chi connectivity index (χ1v) is 12.5. The molecule has 2 aliphatic rings. The van der Waals surface area contributed by atoms with Gasteiger partial charge >= 0.3 is 5.97 Å². The third kappa shape index (κ3) is 5.02. The van der Waals surface area contributed by atoms with Crippen LogP contribution in [0.15, 0.2) is 47.4 Å². The van der Waals surface area contributed by atoms with Gasteiger partial charge in [-0.25, -0.2) is 8.42 Å². The van der Waals surface area contributed by atoms with Crippen LogP contribution < -0.4 is 9.46 Å². The highest BCUT2D eigenvalue weighted by molar-refractivity contribution is 7.92. The van der Waals surface area contributed by atoms with Gasteiger partial charge in [0.05, 0.1) is 36.1 Å². The molecule has 0 saturated carbocycles. The molecule has 0 bridgehead atoms. The van der Waals surface area contributed by atoms with E-state index in [1.807, 2.05) is 6.92 Å². The lowest BCUT2D eigenvalue weighted by atomic mass is 9.94. The Labute approximate surface area is 199 Å². The first-order valence-electron chi connectivity index (χ1n) is 11.0. The van der Waals surface area contributed by atoms with Gasteiger partial charge in [-0.1, -0.05) is 17.7 Å². The number of hydrogen-bond acceptors (Lipinski definition) is 7. The van der Waals surface area contributed by atoms with Crippen molar-refractivity contribution in [1.82, 2.24) is 4.90 Å². The van der Waals surface area contributed by atoms with Crippen molar-refractivity contribution >= 4 is 27.6 Å². The monoisotopic (exact) mass is 488 g/mol. The van der Waals surface area contributed by atoms with Gasteiger partial charge in [0.1, 0.15) is 18.5 Å². The third-order valence-electron chi connectivity index (χ3n) is 6.22. The standard InChI is InChI=1S/C24H28N2O7S/c1-15-4-8-18(9-5-15)34(29,30)25-16-6-11-21-19(12-16)24(28)26(2)20-10-7-17(13-23(27)31-3)33-22(20)14-32-21/h4-6,8-9,11-12,17,20,22,25H,7,10,13-14H2,1-3H3/t17-,20-,22-/m0/s1. The number of nitrogens with one attached hydrogen (secondary N) is 1. The smallest absolute Gasteiger partial charge is 0.308 e. The first-order chi connectivity index (χ1) is 16.2. The molecule has 9 nitrogen and oxygen atoms in total. The third-order valence-corrected chi connectivity index (χ3v) is 7.61. The highest BCUT2D eigenvalue weighted by atomic mass is 32.2. The summed E-state index contributed by atoms with van der Waals surface area (Å²) in [7, 11) is -0.779. The molecule has 3 atom stereocenters. The maximum atomic E-state index is 13.3. The van der Waals surface area contributed by atoms with Crippen LogP contribution in [-0.4, -0.2) is 64.2 Å². The molecule has 1 amide bonds. The maximum absolute atomic E-state index is 13.3. The van der Waals surface area contributed by atoms with E-state index in [0.29, 0.717) is 18.6 Å². The molecule has 2 aliphatic heterocycles. The summed E-state index contributed by atoms with van der Waals surface area (Å²) in [5, 5.41) is 0. The summed E-state index contributed by atoms with van der Waals surface area (Å²) in [6.45, 7) is 2.07. The van der Waals surface area contributed by atoms with Gasteiger partial charge in [0.2, 0.25) is 0 Å². The molecule has 2 aromatic carbocycles. The molecule has 2 heterocycles. The zero-order valence-corrected chi connectivity index (χ0v) is 20.1. The zero-order chi connectivity index (χ0) is 24.5. The van der Waals surface area contributed by atoms with E-state index in [4.69, 9.17) is 14.2 Å². The lowest BCUT2D eigenvalue weighted by molar-refractivity contribution is -0.151. The average Bonchev–Trinajstić information content (AvgIpc) is 2.81. The minimum Gasteiger partial charge on any atom is -0.490 e. The molecule has 1 fully saturated rings. The number of hydrogen-bond donors (Lipinski definition) is 1. The summed E-state index contributed by atoms with van der Waals surface area (Å²) in [6, 6.07) is 10.9. The van der Waals surface area contributed by atoms with Crippen LogP contribution in [0.5, 0.6) is 5.75 Å². The second-order valence-electron chi connectivity index (χ2n) is 8.58. The van der Waals surface area contributed by atoms with Crippen molar-refractivity contribution in [1.29, 1.82) is 0 Å². The number of anilines is 1. The van der Waals surface area contributed by atoms with Gasteiger partial charge in [-0.2, -0.15) is 0 Å². The van der Waals surface area contributed by atoms with Crippen LogP contribution in [0, 0.1) is 6.92 Å². The Morgan fingerprint density at radius 3 is 2.62 bits per heavy atom. The fraction of sp³-hybridized carbons (Fsp3) is 0.417. The molecular formula is C24H28N2O7S. The minimum absolute atomic E-state index is 0.133. The molecule has 0 aromatic heterocycles. The zero-order valence-electron chi connectivity index (χ0n) is 19.3. The summed E-state index contributed by atoms with van der Waals surface area (Å²) in [6.07, 6.45) is 0.714. The predicted octanol–water partition coefficient (Wildman–Crippen LogP) is 2.74. The van der Waals surface area contributed by atoms with Gasteiger partial charge in [-0.05, 0) is 50.1 Å². The number of sulfonamides is 1. The number of ether oxygens (including phenoxy) is 3. The van der Waals surface area contributed by atoms with Crippen LogP contribution in [0.25, 0.3) is 0 Å². The van der Waals surface area contributed by atoms with Crippen LogP contribution in [0.4, 0.5) is 5.69 Å². The van der Waals surface area contributed by atoms with Crippen molar-refractivity contribution in [2.45, 2.75) is 49.3 Å². The number of aryl methyl sites for hydroxylation is 1. The van der Waals surface area contributed by atoms with E-state index >= 15 is 0 Å². The van der Waals surface area contributed by atoms with Crippen LogP contribution in [0.1, 0.15) is 35.2 Å². The van der Waals surface area contributed by atoms with Crippen LogP contribution in [0.3, 0.4) is 0 Å². The summed E-state index contributed by atoms with van der Waals surface area (Å²) >= 11 is 0. The van der Waals surface area contributed by atoms with E-state index in [2.05, 4.69) is 4.72 Å². The lowest BCUT2D eigenvalue weighted by Gasteiger charge is -2.42.